The monoisotopic (exact) mass is 359 g/mol. The van der Waals surface area contributed by atoms with Gasteiger partial charge in [-0.15, -0.1) is 0 Å². The molecule has 0 unspecified atom stereocenters. The SMILES string of the molecule is Cn1cc(N)cc1C(=O)Nc1ccc(F)cc1I. The Hall–Kier alpha value is -1.57. The number of halogens is 2. The van der Waals surface area contributed by atoms with E-state index in [9.17, 15) is 9.18 Å². The van der Waals surface area contributed by atoms with Crippen LogP contribution < -0.4 is 11.1 Å². The van der Waals surface area contributed by atoms with Crippen LogP contribution in [0.15, 0.2) is 30.5 Å². The number of nitrogens with two attached hydrogens (primary N) is 1. The Labute approximate surface area is 117 Å². The zero-order valence-electron chi connectivity index (χ0n) is 9.58. The molecule has 0 bridgehead atoms. The Morgan fingerprint density at radius 2 is 2.17 bits per heavy atom. The number of hydrogen-bond donors (Lipinski definition) is 2. The Balaban J connectivity index is 2.24. The van der Waals surface area contributed by atoms with Crippen molar-refractivity contribution in [2.45, 2.75) is 0 Å². The van der Waals surface area contributed by atoms with Gasteiger partial charge in [0.1, 0.15) is 11.5 Å². The minimum absolute atomic E-state index is 0.279. The maximum Gasteiger partial charge on any atom is 0.272 e. The second-order valence-electron chi connectivity index (χ2n) is 3.85. The van der Waals surface area contributed by atoms with Crippen LogP contribution in [0.1, 0.15) is 10.5 Å². The molecule has 3 N–H and O–H groups in total. The number of carbonyl (C=O) groups is 1. The van der Waals surface area contributed by atoms with Gasteiger partial charge in [-0.3, -0.25) is 4.79 Å². The fourth-order valence-electron chi connectivity index (χ4n) is 1.59. The van der Waals surface area contributed by atoms with E-state index in [0.29, 0.717) is 20.6 Å². The van der Waals surface area contributed by atoms with Crippen LogP contribution in [0.3, 0.4) is 0 Å². The molecule has 0 aliphatic carbocycles. The van der Waals surface area contributed by atoms with Crippen LogP contribution in [0.4, 0.5) is 15.8 Å². The highest BCUT2D eigenvalue weighted by Crippen LogP contribution is 2.20. The van der Waals surface area contributed by atoms with Crippen molar-refractivity contribution in [3.8, 4) is 0 Å². The first kappa shape index (κ1) is 12.9. The molecule has 2 aromatic rings. The maximum atomic E-state index is 12.9. The lowest BCUT2D eigenvalue weighted by molar-refractivity contribution is 0.101. The summed E-state index contributed by atoms with van der Waals surface area (Å²) in [4.78, 5) is 12.0. The summed E-state index contributed by atoms with van der Waals surface area (Å²) in [6.07, 6.45) is 1.66. The molecule has 1 aromatic heterocycles. The van der Waals surface area contributed by atoms with E-state index in [1.807, 2.05) is 22.6 Å². The van der Waals surface area contributed by atoms with Gasteiger partial charge in [-0.25, -0.2) is 4.39 Å². The minimum Gasteiger partial charge on any atom is -0.397 e. The van der Waals surface area contributed by atoms with Crippen molar-refractivity contribution in [1.29, 1.82) is 0 Å². The average Bonchev–Trinajstić information content (AvgIpc) is 2.62. The molecule has 94 valence electrons. The molecular weight excluding hydrogens is 348 g/mol. The number of carbonyl (C=O) groups excluding carboxylic acids is 1. The summed E-state index contributed by atoms with van der Waals surface area (Å²) < 4.78 is 15.2. The largest absolute Gasteiger partial charge is 0.397 e. The molecule has 0 radical (unpaired) electrons. The van der Waals surface area contributed by atoms with Gasteiger partial charge in [0.2, 0.25) is 0 Å². The van der Waals surface area contributed by atoms with Crippen LogP contribution >= 0.6 is 22.6 Å². The quantitative estimate of drug-likeness (QED) is 0.810. The molecule has 0 fully saturated rings. The van der Waals surface area contributed by atoms with E-state index in [2.05, 4.69) is 5.32 Å². The smallest absolute Gasteiger partial charge is 0.272 e. The van der Waals surface area contributed by atoms with Crippen LogP contribution in [0.5, 0.6) is 0 Å². The molecule has 1 aromatic carbocycles. The average molecular weight is 359 g/mol. The molecule has 0 saturated carbocycles. The molecule has 0 atom stereocenters. The topological polar surface area (TPSA) is 60.0 Å². The maximum absolute atomic E-state index is 12.9. The molecule has 6 heteroatoms. The van der Waals surface area contributed by atoms with Crippen LogP contribution in [0.25, 0.3) is 0 Å². The zero-order valence-corrected chi connectivity index (χ0v) is 11.7. The number of aryl methyl sites for hydroxylation is 1. The summed E-state index contributed by atoms with van der Waals surface area (Å²) in [7, 11) is 1.74. The van der Waals surface area contributed by atoms with Crippen LogP contribution in [0, 0.1) is 9.39 Å². The predicted octanol–water partition coefficient (Wildman–Crippen LogP) is 2.60. The second kappa shape index (κ2) is 4.97. The fourth-order valence-corrected chi connectivity index (χ4v) is 2.21. The third-order valence-corrected chi connectivity index (χ3v) is 3.33. The zero-order chi connectivity index (χ0) is 13.3. The van der Waals surface area contributed by atoms with E-state index in [1.54, 1.807) is 23.9 Å². The molecule has 1 heterocycles. The molecule has 0 spiro atoms. The summed E-state index contributed by atoms with van der Waals surface area (Å²) >= 11 is 1.97. The van der Waals surface area contributed by atoms with Crippen molar-refractivity contribution in [1.82, 2.24) is 4.57 Å². The molecule has 18 heavy (non-hydrogen) atoms. The van der Waals surface area contributed by atoms with Gasteiger partial charge in [-0.2, -0.15) is 0 Å². The van der Waals surface area contributed by atoms with Crippen LogP contribution in [0.2, 0.25) is 0 Å². The normalized spacial score (nSPS) is 10.4. The number of nitrogens with zero attached hydrogens (tertiary/aromatic N) is 1. The van der Waals surface area contributed by atoms with E-state index >= 15 is 0 Å². The third kappa shape index (κ3) is 2.63. The van der Waals surface area contributed by atoms with Gasteiger partial charge in [-0.1, -0.05) is 0 Å². The van der Waals surface area contributed by atoms with Gasteiger partial charge < -0.3 is 15.6 Å². The summed E-state index contributed by atoms with van der Waals surface area (Å²) in [6.45, 7) is 0. The highest BCUT2D eigenvalue weighted by molar-refractivity contribution is 14.1. The van der Waals surface area contributed by atoms with Crippen molar-refractivity contribution >= 4 is 39.9 Å². The number of rotatable bonds is 2. The van der Waals surface area contributed by atoms with E-state index < -0.39 is 0 Å². The number of hydrogen-bond acceptors (Lipinski definition) is 2. The lowest BCUT2D eigenvalue weighted by Gasteiger charge is -2.07. The highest BCUT2D eigenvalue weighted by atomic mass is 127. The number of anilines is 2. The number of amides is 1. The molecular formula is C12H11FIN3O. The van der Waals surface area contributed by atoms with Crippen molar-refractivity contribution in [3.05, 3.63) is 45.5 Å². The Kier molecular flexibility index (Phi) is 3.55. The number of benzene rings is 1. The van der Waals surface area contributed by atoms with E-state index in [4.69, 9.17) is 5.73 Å². The fraction of sp³-hybridized carbons (Fsp3) is 0.0833. The number of aromatic nitrogens is 1. The lowest BCUT2D eigenvalue weighted by Crippen LogP contribution is -2.16. The van der Waals surface area contributed by atoms with Gasteiger partial charge >= 0.3 is 0 Å². The first-order chi connectivity index (χ1) is 8.47. The third-order valence-electron chi connectivity index (χ3n) is 2.44. The summed E-state index contributed by atoms with van der Waals surface area (Å²) in [6, 6.07) is 5.78. The van der Waals surface area contributed by atoms with Gasteiger partial charge in [0.05, 0.1) is 11.4 Å². The van der Waals surface area contributed by atoms with Gasteiger partial charge in [-0.05, 0) is 46.9 Å². The molecule has 0 saturated heterocycles. The minimum atomic E-state index is -0.333. The standard InChI is InChI=1S/C12H11FIN3O/c1-17-6-8(15)5-11(17)12(18)16-10-3-2-7(13)4-9(10)14/h2-6H,15H2,1H3,(H,16,18). The van der Waals surface area contributed by atoms with Crippen molar-refractivity contribution in [2.75, 3.05) is 11.1 Å². The van der Waals surface area contributed by atoms with Gasteiger partial charge in [0.25, 0.3) is 5.91 Å². The number of nitrogen functional groups attached to an aromatic ring is 1. The summed E-state index contributed by atoms with van der Waals surface area (Å²) in [5, 5.41) is 2.72. The number of nitrogens with one attached hydrogen (secondary N) is 1. The molecule has 1 amide bonds. The summed E-state index contributed by atoms with van der Waals surface area (Å²) in [5.74, 6) is -0.612. The van der Waals surface area contributed by atoms with E-state index in [1.165, 1.54) is 18.2 Å². The van der Waals surface area contributed by atoms with E-state index in [0.717, 1.165) is 0 Å². The molecule has 0 aliphatic rings. The first-order valence-electron chi connectivity index (χ1n) is 5.15. The molecule has 0 aliphatic heterocycles. The first-order valence-corrected chi connectivity index (χ1v) is 6.23. The van der Waals surface area contributed by atoms with E-state index in [-0.39, 0.29) is 11.7 Å². The van der Waals surface area contributed by atoms with Gasteiger partial charge in [0, 0.05) is 16.8 Å². The van der Waals surface area contributed by atoms with Crippen LogP contribution in [-0.2, 0) is 7.05 Å². The molecule has 4 nitrogen and oxygen atoms in total. The molecule has 2 rings (SSSR count). The Morgan fingerprint density at radius 1 is 1.44 bits per heavy atom. The summed E-state index contributed by atoms with van der Waals surface area (Å²) in [5.41, 5.74) is 7.16. The van der Waals surface area contributed by atoms with Crippen molar-refractivity contribution in [3.63, 3.8) is 0 Å². The Bertz CT molecular complexity index is 609. The van der Waals surface area contributed by atoms with Crippen molar-refractivity contribution < 1.29 is 9.18 Å². The van der Waals surface area contributed by atoms with Crippen LogP contribution in [-0.4, -0.2) is 10.5 Å². The Morgan fingerprint density at radius 3 is 2.72 bits per heavy atom. The highest BCUT2D eigenvalue weighted by Gasteiger charge is 2.12. The predicted molar refractivity (Wildman–Crippen MR) is 76.9 cm³/mol. The van der Waals surface area contributed by atoms with Gasteiger partial charge in [0.15, 0.2) is 0 Å². The lowest BCUT2D eigenvalue weighted by atomic mass is 10.3. The second-order valence-corrected chi connectivity index (χ2v) is 5.01. The van der Waals surface area contributed by atoms with Crippen molar-refractivity contribution in [2.24, 2.45) is 7.05 Å².